The van der Waals surface area contributed by atoms with Gasteiger partial charge in [-0.2, -0.15) is 0 Å². The van der Waals surface area contributed by atoms with Crippen LogP contribution in [0.1, 0.15) is 52.6 Å². The second-order valence-electron chi connectivity index (χ2n) is 7.84. The third kappa shape index (κ3) is 4.25. The number of carbonyl (C=O) groups is 1. The van der Waals surface area contributed by atoms with E-state index in [1.165, 1.54) is 5.56 Å². The summed E-state index contributed by atoms with van der Waals surface area (Å²) in [7, 11) is 1.85. The normalized spacial score (nSPS) is 23.6. The van der Waals surface area contributed by atoms with Crippen LogP contribution in [0.4, 0.5) is 4.79 Å². The first-order valence-electron chi connectivity index (χ1n) is 8.38. The molecular formula is C19H30N2O2. The van der Waals surface area contributed by atoms with Crippen LogP contribution < -0.4 is 0 Å². The van der Waals surface area contributed by atoms with Gasteiger partial charge in [0.25, 0.3) is 0 Å². The molecular weight excluding hydrogens is 288 g/mol. The Kier molecular flexibility index (Phi) is 5.04. The number of hydrogen-bond acceptors (Lipinski definition) is 3. The van der Waals surface area contributed by atoms with Crippen molar-refractivity contribution < 1.29 is 9.53 Å². The van der Waals surface area contributed by atoms with Crippen LogP contribution in [0.15, 0.2) is 30.3 Å². The topological polar surface area (TPSA) is 32.8 Å². The lowest BCUT2D eigenvalue weighted by molar-refractivity contribution is 0.00904. The molecule has 23 heavy (non-hydrogen) atoms. The van der Waals surface area contributed by atoms with Gasteiger partial charge in [0, 0.05) is 26.2 Å². The molecule has 1 saturated heterocycles. The number of likely N-dealkylation sites (N-methyl/N-ethyl adjacent to an activating group) is 1. The number of benzene rings is 1. The molecule has 1 heterocycles. The SMILES string of the molecule is C[C@H](c1ccccc1)N1CC[C@](C)(N(C)C(=O)OC(C)(C)C)C1. The van der Waals surface area contributed by atoms with Crippen molar-refractivity contribution in [1.82, 2.24) is 9.80 Å². The first-order valence-corrected chi connectivity index (χ1v) is 8.38. The van der Waals surface area contributed by atoms with Crippen LogP contribution in [-0.2, 0) is 4.74 Å². The minimum atomic E-state index is -0.461. The van der Waals surface area contributed by atoms with E-state index >= 15 is 0 Å². The highest BCUT2D eigenvalue weighted by molar-refractivity contribution is 5.69. The molecule has 0 bridgehead atoms. The number of nitrogens with zero attached hydrogens (tertiary/aromatic N) is 2. The molecule has 0 saturated carbocycles. The van der Waals surface area contributed by atoms with Crippen LogP contribution >= 0.6 is 0 Å². The van der Waals surface area contributed by atoms with Crippen molar-refractivity contribution in [2.75, 3.05) is 20.1 Å². The van der Waals surface area contributed by atoms with Crippen molar-refractivity contribution in [1.29, 1.82) is 0 Å². The fourth-order valence-corrected chi connectivity index (χ4v) is 3.08. The van der Waals surface area contributed by atoms with Crippen molar-refractivity contribution in [2.45, 2.75) is 58.2 Å². The maximum absolute atomic E-state index is 12.4. The molecule has 1 aliphatic rings. The van der Waals surface area contributed by atoms with Crippen LogP contribution in [0.2, 0.25) is 0 Å². The average molecular weight is 318 g/mol. The highest BCUT2D eigenvalue weighted by atomic mass is 16.6. The molecule has 2 rings (SSSR count). The predicted octanol–water partition coefficient (Wildman–Crippen LogP) is 4.08. The van der Waals surface area contributed by atoms with Crippen molar-refractivity contribution in [3.63, 3.8) is 0 Å². The summed E-state index contributed by atoms with van der Waals surface area (Å²) in [6.45, 7) is 11.9. The summed E-state index contributed by atoms with van der Waals surface area (Å²) in [5.41, 5.74) is 0.666. The van der Waals surface area contributed by atoms with E-state index in [9.17, 15) is 4.79 Å². The number of ether oxygens (including phenoxy) is 1. The van der Waals surface area contributed by atoms with E-state index in [0.717, 1.165) is 19.5 Å². The number of amides is 1. The van der Waals surface area contributed by atoms with Gasteiger partial charge in [0.15, 0.2) is 0 Å². The van der Waals surface area contributed by atoms with Gasteiger partial charge in [-0.3, -0.25) is 4.90 Å². The van der Waals surface area contributed by atoms with Gasteiger partial charge in [-0.1, -0.05) is 30.3 Å². The molecule has 2 atom stereocenters. The largest absolute Gasteiger partial charge is 0.444 e. The van der Waals surface area contributed by atoms with Crippen molar-refractivity contribution in [3.8, 4) is 0 Å². The molecule has 0 spiro atoms. The van der Waals surface area contributed by atoms with Gasteiger partial charge in [0.05, 0.1) is 5.54 Å². The Hall–Kier alpha value is -1.55. The van der Waals surface area contributed by atoms with Crippen LogP contribution in [0.25, 0.3) is 0 Å². The van der Waals surface area contributed by atoms with Gasteiger partial charge in [-0.25, -0.2) is 4.79 Å². The van der Waals surface area contributed by atoms with Gasteiger partial charge in [-0.15, -0.1) is 0 Å². The maximum atomic E-state index is 12.4. The summed E-state index contributed by atoms with van der Waals surface area (Å²) in [4.78, 5) is 16.6. The van der Waals surface area contributed by atoms with E-state index in [2.05, 4.69) is 43.0 Å². The Balaban J connectivity index is 2.04. The Morgan fingerprint density at radius 1 is 1.30 bits per heavy atom. The Labute approximate surface area is 140 Å². The molecule has 4 nitrogen and oxygen atoms in total. The molecule has 1 fully saturated rings. The van der Waals surface area contributed by atoms with E-state index in [1.54, 1.807) is 4.90 Å². The summed E-state index contributed by atoms with van der Waals surface area (Å²) in [6, 6.07) is 10.9. The number of likely N-dealkylation sites (tertiary alicyclic amines) is 1. The smallest absolute Gasteiger partial charge is 0.410 e. The molecule has 1 amide bonds. The quantitative estimate of drug-likeness (QED) is 0.842. The minimum absolute atomic E-state index is 0.189. The zero-order valence-corrected chi connectivity index (χ0v) is 15.3. The summed E-state index contributed by atoms with van der Waals surface area (Å²) < 4.78 is 5.53. The van der Waals surface area contributed by atoms with Crippen LogP contribution in [0, 0.1) is 0 Å². The summed E-state index contributed by atoms with van der Waals surface area (Å²) >= 11 is 0. The number of hydrogen-bond donors (Lipinski definition) is 0. The third-order valence-electron chi connectivity index (χ3n) is 4.79. The summed E-state index contributed by atoms with van der Waals surface area (Å²) in [5.74, 6) is 0. The van der Waals surface area contributed by atoms with Crippen LogP contribution in [0.5, 0.6) is 0 Å². The maximum Gasteiger partial charge on any atom is 0.410 e. The molecule has 0 aliphatic carbocycles. The molecule has 4 heteroatoms. The molecule has 0 unspecified atom stereocenters. The molecule has 128 valence electrons. The lowest BCUT2D eigenvalue weighted by atomic mass is 10.00. The fraction of sp³-hybridized carbons (Fsp3) is 0.632. The van der Waals surface area contributed by atoms with E-state index < -0.39 is 5.60 Å². The Morgan fingerprint density at radius 3 is 2.48 bits per heavy atom. The average Bonchev–Trinajstić information content (AvgIpc) is 2.88. The van der Waals surface area contributed by atoms with Crippen molar-refractivity contribution in [3.05, 3.63) is 35.9 Å². The zero-order chi connectivity index (χ0) is 17.3. The molecule has 0 radical (unpaired) electrons. The molecule has 1 aromatic carbocycles. The lowest BCUT2D eigenvalue weighted by Crippen LogP contribution is -2.50. The fourth-order valence-electron chi connectivity index (χ4n) is 3.08. The Bertz CT molecular complexity index is 538. The second-order valence-corrected chi connectivity index (χ2v) is 7.84. The van der Waals surface area contributed by atoms with E-state index in [1.807, 2.05) is 33.9 Å². The second kappa shape index (κ2) is 6.52. The third-order valence-corrected chi connectivity index (χ3v) is 4.79. The molecule has 0 aromatic heterocycles. The number of rotatable bonds is 3. The van der Waals surface area contributed by atoms with Crippen molar-refractivity contribution >= 4 is 6.09 Å². The van der Waals surface area contributed by atoms with Gasteiger partial charge in [0.2, 0.25) is 0 Å². The van der Waals surface area contributed by atoms with Crippen molar-refractivity contribution in [2.24, 2.45) is 0 Å². The molecule has 0 N–H and O–H groups in total. The monoisotopic (exact) mass is 318 g/mol. The number of carbonyl (C=O) groups excluding carboxylic acids is 1. The Morgan fingerprint density at radius 2 is 1.91 bits per heavy atom. The summed E-state index contributed by atoms with van der Waals surface area (Å²) in [5, 5.41) is 0. The lowest BCUT2D eigenvalue weighted by Gasteiger charge is -2.37. The molecule has 1 aliphatic heterocycles. The first kappa shape index (κ1) is 17.8. The van der Waals surface area contributed by atoms with Crippen LogP contribution in [0.3, 0.4) is 0 Å². The standard InChI is InChI=1S/C19H30N2O2/c1-15(16-10-8-7-9-11-16)21-13-12-19(5,14-21)20(6)17(22)23-18(2,3)4/h7-11,15H,12-14H2,1-6H3/t15-,19+/m1/s1. The zero-order valence-electron chi connectivity index (χ0n) is 15.3. The van der Waals surface area contributed by atoms with Crippen LogP contribution in [-0.4, -0.2) is 47.2 Å². The van der Waals surface area contributed by atoms with E-state index in [0.29, 0.717) is 6.04 Å². The van der Waals surface area contributed by atoms with Gasteiger partial charge in [-0.05, 0) is 46.6 Å². The van der Waals surface area contributed by atoms with Gasteiger partial charge >= 0.3 is 6.09 Å². The van der Waals surface area contributed by atoms with E-state index in [-0.39, 0.29) is 11.6 Å². The van der Waals surface area contributed by atoms with Gasteiger partial charge < -0.3 is 9.64 Å². The predicted molar refractivity (Wildman–Crippen MR) is 93.4 cm³/mol. The highest BCUT2D eigenvalue weighted by Crippen LogP contribution is 2.33. The highest BCUT2D eigenvalue weighted by Gasteiger charge is 2.42. The van der Waals surface area contributed by atoms with Gasteiger partial charge in [0.1, 0.15) is 5.60 Å². The minimum Gasteiger partial charge on any atom is -0.444 e. The van der Waals surface area contributed by atoms with E-state index in [4.69, 9.17) is 4.74 Å². The summed E-state index contributed by atoms with van der Waals surface area (Å²) in [6.07, 6.45) is 0.717. The molecule has 1 aromatic rings. The first-order chi connectivity index (χ1) is 10.6.